The molecule has 12 nitrogen and oxygen atoms in total. The number of nitrogens with one attached hydrogen (secondary N) is 3. The largest absolute Gasteiger partial charge is 1.00 e. The standard InChI is InChI=1S/3C9H8N2O2.3K/c3*10-7-5-3-1-2-4-6(5)11-8(7)9(12)13;;;/h3*1-4,11H,10H2,(H,12,13);;;/q;;;3*+1/p-3. The van der Waals surface area contributed by atoms with Crippen molar-refractivity contribution in [1.82, 2.24) is 15.0 Å². The number of para-hydroxylation sites is 3. The molecule has 3 aromatic carbocycles. The molecule has 6 aromatic rings. The van der Waals surface area contributed by atoms with Crippen LogP contribution in [0, 0.1) is 0 Å². The number of nitrogen functional groups attached to an aromatic ring is 3. The summed E-state index contributed by atoms with van der Waals surface area (Å²) in [5.74, 6) is -3.85. The van der Waals surface area contributed by atoms with E-state index < -0.39 is 17.9 Å². The summed E-state index contributed by atoms with van der Waals surface area (Å²) < 4.78 is 0. The molecule has 0 saturated carbocycles. The van der Waals surface area contributed by atoms with Crippen LogP contribution in [0.5, 0.6) is 0 Å². The number of carbonyl (C=O) groups is 3. The molecule has 15 heteroatoms. The summed E-state index contributed by atoms with van der Waals surface area (Å²) in [6.07, 6.45) is 0. The molecule has 0 atom stereocenters. The quantitative estimate of drug-likeness (QED) is 0.100. The van der Waals surface area contributed by atoms with Gasteiger partial charge in [0.1, 0.15) is 0 Å². The number of carboxylic acids is 3. The minimum absolute atomic E-state index is 0. The summed E-state index contributed by atoms with van der Waals surface area (Å²) in [6, 6.07) is 21.4. The minimum atomic E-state index is -1.28. The maximum absolute atomic E-state index is 10.6. The zero-order chi connectivity index (χ0) is 28.3. The van der Waals surface area contributed by atoms with Crippen LogP contribution in [0.4, 0.5) is 17.1 Å². The van der Waals surface area contributed by atoms with Gasteiger partial charge in [0.05, 0.1) is 52.1 Å². The van der Waals surface area contributed by atoms with E-state index in [1.165, 1.54) is 0 Å². The second kappa shape index (κ2) is 17.5. The number of nitrogens with two attached hydrogens (primary N) is 3. The van der Waals surface area contributed by atoms with Gasteiger partial charge in [0.15, 0.2) is 0 Å². The summed E-state index contributed by atoms with van der Waals surface area (Å²) in [4.78, 5) is 39.7. The number of H-pyrrole nitrogens is 3. The van der Waals surface area contributed by atoms with Crippen LogP contribution >= 0.6 is 0 Å². The van der Waals surface area contributed by atoms with Crippen LogP contribution in [0.1, 0.15) is 31.5 Å². The van der Waals surface area contributed by atoms with Gasteiger partial charge < -0.3 is 61.9 Å². The predicted octanol–water partition coefficient (Wildman–Crippen LogP) is -8.65. The molecule has 0 saturated heterocycles. The molecular weight excluding hydrogens is 622 g/mol. The van der Waals surface area contributed by atoms with E-state index in [1.807, 2.05) is 0 Å². The third kappa shape index (κ3) is 8.80. The number of anilines is 3. The van der Waals surface area contributed by atoms with Gasteiger partial charge in [-0.05, 0) is 18.2 Å². The molecule has 3 heterocycles. The first-order valence-electron chi connectivity index (χ1n) is 11.3. The summed E-state index contributed by atoms with van der Waals surface area (Å²) in [5.41, 5.74) is 19.4. The number of benzene rings is 3. The monoisotopic (exact) mass is 642 g/mol. The van der Waals surface area contributed by atoms with Crippen LogP contribution in [-0.4, -0.2) is 32.9 Å². The van der Waals surface area contributed by atoms with Gasteiger partial charge in [0, 0.05) is 32.7 Å². The fourth-order valence-corrected chi connectivity index (χ4v) is 3.97. The van der Waals surface area contributed by atoms with Gasteiger partial charge in [-0.15, -0.1) is 0 Å². The molecule has 0 aliphatic carbocycles. The first-order chi connectivity index (χ1) is 18.6. The topological polar surface area (TPSA) is 246 Å². The molecule has 0 unspecified atom stereocenters. The average molecular weight is 643 g/mol. The van der Waals surface area contributed by atoms with Crippen molar-refractivity contribution in [3.05, 3.63) is 89.9 Å². The smallest absolute Gasteiger partial charge is 0.543 e. The predicted molar refractivity (Wildman–Crippen MR) is 141 cm³/mol. The summed E-state index contributed by atoms with van der Waals surface area (Å²) in [7, 11) is 0. The molecule has 0 radical (unpaired) electrons. The zero-order valence-electron chi connectivity index (χ0n) is 23.1. The van der Waals surface area contributed by atoms with E-state index in [9.17, 15) is 29.7 Å². The molecule has 0 amide bonds. The molecule has 198 valence electrons. The van der Waals surface area contributed by atoms with Crippen LogP contribution in [0.3, 0.4) is 0 Å². The van der Waals surface area contributed by atoms with Crippen LogP contribution in [-0.2, 0) is 0 Å². The van der Waals surface area contributed by atoms with Crippen molar-refractivity contribution >= 4 is 67.7 Å². The van der Waals surface area contributed by atoms with E-state index in [1.54, 1.807) is 72.8 Å². The third-order valence-electron chi connectivity index (χ3n) is 5.85. The number of hydrogen-bond donors (Lipinski definition) is 6. The Balaban J connectivity index is 0.000000304. The van der Waals surface area contributed by atoms with E-state index in [-0.39, 0.29) is 188 Å². The molecular formula is C27H21K3N6O6. The van der Waals surface area contributed by atoms with Crippen molar-refractivity contribution in [2.45, 2.75) is 0 Å². The Morgan fingerprint density at radius 2 is 0.667 bits per heavy atom. The maximum atomic E-state index is 10.6. The van der Waals surface area contributed by atoms with Crippen molar-refractivity contribution in [1.29, 1.82) is 0 Å². The molecule has 0 aliphatic heterocycles. The van der Waals surface area contributed by atoms with Gasteiger partial charge in [-0.3, -0.25) is 0 Å². The fraction of sp³-hybridized carbons (Fsp3) is 0. The average Bonchev–Trinajstić information content (AvgIpc) is 3.57. The SMILES string of the molecule is Nc1c(C(=O)[O-])[nH]c2ccccc12.Nc1c(C(=O)[O-])[nH]c2ccccc12.Nc1c(C(=O)[O-])[nH]c2ccccc12.[K+].[K+].[K+]. The van der Waals surface area contributed by atoms with E-state index in [4.69, 9.17) is 17.2 Å². The summed E-state index contributed by atoms with van der Waals surface area (Å²) in [5, 5.41) is 33.8. The Bertz CT molecular complexity index is 1650. The normalized spacial score (nSPS) is 9.71. The number of fused-ring (bicyclic) bond motifs is 3. The van der Waals surface area contributed by atoms with E-state index in [0.29, 0.717) is 32.7 Å². The Hall–Kier alpha value is -1.00. The van der Waals surface area contributed by atoms with Crippen LogP contribution in [0.2, 0.25) is 0 Å². The fourth-order valence-electron chi connectivity index (χ4n) is 3.97. The van der Waals surface area contributed by atoms with Gasteiger partial charge in [-0.2, -0.15) is 0 Å². The minimum Gasteiger partial charge on any atom is -0.543 e. The maximum Gasteiger partial charge on any atom is 1.00 e. The zero-order valence-corrected chi connectivity index (χ0v) is 32.5. The van der Waals surface area contributed by atoms with E-state index >= 15 is 0 Å². The second-order valence-electron chi connectivity index (χ2n) is 8.24. The molecule has 0 aliphatic rings. The number of rotatable bonds is 3. The van der Waals surface area contributed by atoms with Gasteiger partial charge in [0.25, 0.3) is 0 Å². The Labute approximate surface area is 366 Å². The second-order valence-corrected chi connectivity index (χ2v) is 8.24. The summed E-state index contributed by atoms with van der Waals surface area (Å²) >= 11 is 0. The van der Waals surface area contributed by atoms with E-state index in [0.717, 1.165) is 0 Å². The van der Waals surface area contributed by atoms with Crippen molar-refractivity contribution in [3.63, 3.8) is 0 Å². The number of aromatic carboxylic acids is 3. The van der Waals surface area contributed by atoms with Crippen molar-refractivity contribution in [3.8, 4) is 0 Å². The Kier molecular flexibility index (Phi) is 16.2. The molecule has 0 bridgehead atoms. The van der Waals surface area contributed by atoms with Crippen molar-refractivity contribution < 1.29 is 184 Å². The molecule has 9 N–H and O–H groups in total. The van der Waals surface area contributed by atoms with E-state index in [2.05, 4.69) is 15.0 Å². The van der Waals surface area contributed by atoms with Gasteiger partial charge >= 0.3 is 154 Å². The number of carbonyl (C=O) groups excluding carboxylic acids is 3. The Morgan fingerprint density at radius 3 is 0.857 bits per heavy atom. The van der Waals surface area contributed by atoms with Crippen LogP contribution < -0.4 is 187 Å². The molecule has 0 spiro atoms. The number of aromatic nitrogens is 3. The van der Waals surface area contributed by atoms with Crippen molar-refractivity contribution in [2.75, 3.05) is 17.2 Å². The van der Waals surface area contributed by atoms with Crippen LogP contribution in [0.25, 0.3) is 32.7 Å². The molecule has 3 aromatic heterocycles. The van der Waals surface area contributed by atoms with Gasteiger partial charge in [0.2, 0.25) is 0 Å². The van der Waals surface area contributed by atoms with Crippen LogP contribution in [0.15, 0.2) is 72.8 Å². The first-order valence-corrected chi connectivity index (χ1v) is 11.3. The summed E-state index contributed by atoms with van der Waals surface area (Å²) in [6.45, 7) is 0. The first kappa shape index (κ1) is 39.0. The number of hydrogen-bond acceptors (Lipinski definition) is 9. The number of carboxylic acid groups (broad SMARTS) is 3. The molecule has 6 rings (SSSR count). The third-order valence-corrected chi connectivity index (χ3v) is 5.85. The Morgan fingerprint density at radius 1 is 0.452 bits per heavy atom. The van der Waals surface area contributed by atoms with Gasteiger partial charge in [-0.25, -0.2) is 0 Å². The van der Waals surface area contributed by atoms with Gasteiger partial charge in [-0.1, -0.05) is 54.6 Å². The number of aromatic amines is 3. The molecule has 0 fully saturated rings. The molecule has 42 heavy (non-hydrogen) atoms. The van der Waals surface area contributed by atoms with Crippen molar-refractivity contribution in [2.24, 2.45) is 0 Å².